The van der Waals surface area contributed by atoms with Gasteiger partial charge in [-0.2, -0.15) is 0 Å². The van der Waals surface area contributed by atoms with Gasteiger partial charge in [0.2, 0.25) is 0 Å². The van der Waals surface area contributed by atoms with E-state index in [0.29, 0.717) is 12.1 Å². The molecule has 2 rings (SSSR count). The monoisotopic (exact) mass is 244 g/mol. The molecule has 1 aromatic carbocycles. The maximum Gasteiger partial charge on any atom is 0.256 e. The summed E-state index contributed by atoms with van der Waals surface area (Å²) >= 11 is 0. The van der Waals surface area contributed by atoms with Crippen molar-refractivity contribution >= 4 is 11.6 Å². The van der Waals surface area contributed by atoms with Gasteiger partial charge in [0.1, 0.15) is 5.76 Å². The molecule has 2 aromatic rings. The predicted octanol–water partition coefficient (Wildman–Crippen LogP) is 2.59. The third kappa shape index (κ3) is 2.53. The van der Waals surface area contributed by atoms with Crippen molar-refractivity contribution in [3.05, 3.63) is 54.0 Å². The molecule has 0 unspecified atom stereocenters. The zero-order valence-corrected chi connectivity index (χ0v) is 10.5. The van der Waals surface area contributed by atoms with Crippen LogP contribution < -0.4 is 5.32 Å². The van der Waals surface area contributed by atoms with E-state index in [9.17, 15) is 4.79 Å². The highest BCUT2D eigenvalue weighted by Crippen LogP contribution is 2.17. The van der Waals surface area contributed by atoms with E-state index in [1.807, 2.05) is 36.4 Å². The van der Waals surface area contributed by atoms with Crippen LogP contribution in [0, 0.1) is 0 Å². The van der Waals surface area contributed by atoms with Gasteiger partial charge in [0.05, 0.1) is 18.4 Å². The molecule has 1 N–H and O–H groups in total. The number of para-hydroxylation sites is 1. The second-order valence-electron chi connectivity index (χ2n) is 4.04. The van der Waals surface area contributed by atoms with Crippen LogP contribution >= 0.6 is 0 Å². The van der Waals surface area contributed by atoms with Crippen molar-refractivity contribution in [2.45, 2.75) is 6.54 Å². The third-order valence-corrected chi connectivity index (χ3v) is 2.75. The molecule has 0 fully saturated rings. The maximum absolute atomic E-state index is 12.3. The molecule has 0 atom stereocenters. The van der Waals surface area contributed by atoms with Crippen LogP contribution in [0.2, 0.25) is 0 Å². The first-order valence-electron chi connectivity index (χ1n) is 5.77. The van der Waals surface area contributed by atoms with Gasteiger partial charge in [0.25, 0.3) is 5.91 Å². The lowest BCUT2D eigenvalue weighted by molar-refractivity contribution is 0.0776. The van der Waals surface area contributed by atoms with Gasteiger partial charge in [-0.1, -0.05) is 12.1 Å². The molecule has 0 saturated heterocycles. The largest absolute Gasteiger partial charge is 0.467 e. The van der Waals surface area contributed by atoms with E-state index in [1.165, 1.54) is 0 Å². The molecule has 0 spiro atoms. The van der Waals surface area contributed by atoms with Gasteiger partial charge in [-0.25, -0.2) is 0 Å². The van der Waals surface area contributed by atoms with Crippen molar-refractivity contribution < 1.29 is 9.21 Å². The van der Waals surface area contributed by atoms with Crippen LogP contribution in [0.5, 0.6) is 0 Å². The Morgan fingerprint density at radius 3 is 2.72 bits per heavy atom. The normalized spacial score (nSPS) is 10.1. The minimum absolute atomic E-state index is 0.0312. The van der Waals surface area contributed by atoms with E-state index < -0.39 is 0 Å². The summed E-state index contributed by atoms with van der Waals surface area (Å²) in [4.78, 5) is 13.9. The number of rotatable bonds is 4. The molecule has 1 heterocycles. The minimum atomic E-state index is -0.0312. The van der Waals surface area contributed by atoms with Gasteiger partial charge in [-0.15, -0.1) is 0 Å². The van der Waals surface area contributed by atoms with Gasteiger partial charge in [-0.05, 0) is 24.3 Å². The molecular formula is C14H16N2O2. The fraction of sp³-hybridized carbons (Fsp3) is 0.214. The molecule has 0 bridgehead atoms. The van der Waals surface area contributed by atoms with Crippen LogP contribution in [0.15, 0.2) is 47.1 Å². The van der Waals surface area contributed by atoms with Crippen LogP contribution in [-0.2, 0) is 6.54 Å². The molecule has 0 aliphatic rings. The molecule has 0 aliphatic heterocycles. The number of benzene rings is 1. The highest BCUT2D eigenvalue weighted by molar-refractivity contribution is 5.99. The van der Waals surface area contributed by atoms with Gasteiger partial charge >= 0.3 is 0 Å². The molecule has 94 valence electrons. The average Bonchev–Trinajstić information content (AvgIpc) is 2.90. The number of furan rings is 1. The zero-order chi connectivity index (χ0) is 13.0. The summed E-state index contributed by atoms with van der Waals surface area (Å²) in [6.45, 7) is 0.462. The highest BCUT2D eigenvalue weighted by Gasteiger charge is 2.15. The fourth-order valence-corrected chi connectivity index (χ4v) is 1.80. The molecular weight excluding hydrogens is 228 g/mol. The molecule has 4 nitrogen and oxygen atoms in total. The highest BCUT2D eigenvalue weighted by atomic mass is 16.3. The van der Waals surface area contributed by atoms with Crippen LogP contribution in [0.3, 0.4) is 0 Å². The first-order chi connectivity index (χ1) is 8.72. The van der Waals surface area contributed by atoms with Gasteiger partial charge in [0, 0.05) is 19.8 Å². The average molecular weight is 244 g/mol. The molecule has 0 aliphatic carbocycles. The summed E-state index contributed by atoms with van der Waals surface area (Å²) in [6, 6.07) is 11.1. The Morgan fingerprint density at radius 1 is 1.28 bits per heavy atom. The molecule has 0 saturated carbocycles. The summed E-state index contributed by atoms with van der Waals surface area (Å²) in [5.41, 5.74) is 1.49. The van der Waals surface area contributed by atoms with Crippen molar-refractivity contribution in [1.82, 2.24) is 4.90 Å². The number of nitrogens with zero attached hydrogens (tertiary/aromatic N) is 1. The minimum Gasteiger partial charge on any atom is -0.467 e. The molecule has 1 aromatic heterocycles. The summed E-state index contributed by atoms with van der Waals surface area (Å²) in [6.07, 6.45) is 1.61. The Kier molecular flexibility index (Phi) is 3.67. The summed E-state index contributed by atoms with van der Waals surface area (Å²) in [5.74, 6) is 0.740. The van der Waals surface area contributed by atoms with Crippen LogP contribution in [0.1, 0.15) is 16.1 Å². The summed E-state index contributed by atoms with van der Waals surface area (Å²) < 4.78 is 5.24. The lowest BCUT2D eigenvalue weighted by Crippen LogP contribution is -2.26. The number of carbonyl (C=O) groups is 1. The molecule has 18 heavy (non-hydrogen) atoms. The topological polar surface area (TPSA) is 45.5 Å². The Labute approximate surface area is 106 Å². The van der Waals surface area contributed by atoms with Crippen LogP contribution in [-0.4, -0.2) is 24.9 Å². The van der Waals surface area contributed by atoms with E-state index in [1.54, 1.807) is 25.3 Å². The number of amides is 1. The van der Waals surface area contributed by atoms with Crippen molar-refractivity contribution in [1.29, 1.82) is 0 Å². The standard InChI is InChI=1S/C14H16N2O2/c1-15-13-8-4-3-7-12(13)14(17)16(2)10-11-6-5-9-18-11/h3-9,15H,10H2,1-2H3. The van der Waals surface area contributed by atoms with Crippen molar-refractivity contribution in [2.75, 3.05) is 19.4 Å². The Balaban J connectivity index is 2.15. The van der Waals surface area contributed by atoms with E-state index in [2.05, 4.69) is 5.32 Å². The Morgan fingerprint density at radius 2 is 2.06 bits per heavy atom. The molecule has 1 amide bonds. The van der Waals surface area contributed by atoms with Gasteiger partial charge < -0.3 is 14.6 Å². The van der Waals surface area contributed by atoms with Gasteiger partial charge in [0.15, 0.2) is 0 Å². The lowest BCUT2D eigenvalue weighted by Gasteiger charge is -2.17. The number of nitrogens with one attached hydrogen (secondary N) is 1. The molecule has 0 radical (unpaired) electrons. The first-order valence-corrected chi connectivity index (χ1v) is 5.77. The van der Waals surface area contributed by atoms with E-state index in [0.717, 1.165) is 11.4 Å². The molecule has 4 heteroatoms. The van der Waals surface area contributed by atoms with E-state index in [-0.39, 0.29) is 5.91 Å². The van der Waals surface area contributed by atoms with Crippen LogP contribution in [0.4, 0.5) is 5.69 Å². The lowest BCUT2D eigenvalue weighted by atomic mass is 10.1. The first kappa shape index (κ1) is 12.2. The quantitative estimate of drug-likeness (QED) is 0.899. The third-order valence-electron chi connectivity index (χ3n) is 2.75. The number of carbonyl (C=O) groups excluding carboxylic acids is 1. The Bertz CT molecular complexity index is 520. The van der Waals surface area contributed by atoms with Crippen molar-refractivity contribution in [2.24, 2.45) is 0 Å². The Hall–Kier alpha value is -2.23. The second-order valence-corrected chi connectivity index (χ2v) is 4.04. The van der Waals surface area contributed by atoms with Crippen molar-refractivity contribution in [3.63, 3.8) is 0 Å². The zero-order valence-electron chi connectivity index (χ0n) is 10.5. The van der Waals surface area contributed by atoms with E-state index in [4.69, 9.17) is 4.42 Å². The predicted molar refractivity (Wildman–Crippen MR) is 70.5 cm³/mol. The van der Waals surface area contributed by atoms with Crippen molar-refractivity contribution in [3.8, 4) is 0 Å². The van der Waals surface area contributed by atoms with E-state index >= 15 is 0 Å². The fourth-order valence-electron chi connectivity index (χ4n) is 1.80. The smallest absolute Gasteiger partial charge is 0.256 e. The second kappa shape index (κ2) is 5.40. The van der Waals surface area contributed by atoms with Gasteiger partial charge in [-0.3, -0.25) is 4.79 Å². The van der Waals surface area contributed by atoms with Crippen LogP contribution in [0.25, 0.3) is 0 Å². The number of hydrogen-bond acceptors (Lipinski definition) is 3. The number of hydrogen-bond donors (Lipinski definition) is 1. The maximum atomic E-state index is 12.3. The summed E-state index contributed by atoms with van der Waals surface area (Å²) in [7, 11) is 3.57. The number of anilines is 1. The SMILES string of the molecule is CNc1ccccc1C(=O)N(C)Cc1ccco1. The summed E-state index contributed by atoms with van der Waals surface area (Å²) in [5, 5.41) is 3.02.